The van der Waals surface area contributed by atoms with E-state index in [-0.39, 0.29) is 6.61 Å². The number of amides is 3. The third-order valence-corrected chi connectivity index (χ3v) is 8.19. The van der Waals surface area contributed by atoms with Gasteiger partial charge in [-0.2, -0.15) is 0 Å². The van der Waals surface area contributed by atoms with E-state index >= 15 is 0 Å². The molecule has 36 heavy (non-hydrogen) atoms. The zero-order valence-corrected chi connectivity index (χ0v) is 21.9. The maximum atomic E-state index is 13.3. The van der Waals surface area contributed by atoms with Crippen LogP contribution in [0.3, 0.4) is 0 Å². The van der Waals surface area contributed by atoms with Gasteiger partial charge in [0.05, 0.1) is 23.3 Å². The Bertz CT molecular complexity index is 1120. The Labute approximate surface area is 216 Å². The molecule has 1 atom stereocenters. The first-order chi connectivity index (χ1) is 17.4. The zero-order valence-electron chi connectivity index (χ0n) is 21.1. The number of benzene rings is 1. The molecule has 2 heterocycles. The lowest BCUT2D eigenvalue weighted by atomic mass is 9.97. The molecular weight excluding hydrogens is 476 g/mol. The summed E-state index contributed by atoms with van der Waals surface area (Å²) < 4.78 is 5.38. The largest absolute Gasteiger partial charge is 0.462 e. The van der Waals surface area contributed by atoms with Crippen LogP contribution in [0.4, 0.5) is 5.00 Å². The number of hydrogen-bond acceptors (Lipinski definition) is 6. The van der Waals surface area contributed by atoms with Gasteiger partial charge in [-0.3, -0.25) is 19.3 Å². The van der Waals surface area contributed by atoms with Crippen molar-refractivity contribution in [3.05, 3.63) is 51.4 Å². The van der Waals surface area contributed by atoms with Crippen molar-refractivity contribution in [2.45, 2.75) is 84.1 Å². The minimum Gasteiger partial charge on any atom is -0.462 e. The van der Waals surface area contributed by atoms with Gasteiger partial charge in [-0.1, -0.05) is 50.7 Å². The number of nitrogens with zero attached hydrogens (tertiary/aromatic N) is 1. The zero-order chi connectivity index (χ0) is 25.7. The van der Waals surface area contributed by atoms with Crippen molar-refractivity contribution in [1.82, 2.24) is 4.90 Å². The molecule has 3 amide bonds. The van der Waals surface area contributed by atoms with Crippen LogP contribution in [-0.2, 0) is 22.4 Å². The van der Waals surface area contributed by atoms with Gasteiger partial charge in [0.15, 0.2) is 0 Å². The predicted octanol–water partition coefficient (Wildman–Crippen LogP) is 5.77. The fourth-order valence-corrected chi connectivity index (χ4v) is 6.31. The number of esters is 1. The van der Waals surface area contributed by atoms with Crippen molar-refractivity contribution in [1.29, 1.82) is 0 Å². The van der Waals surface area contributed by atoms with Crippen molar-refractivity contribution in [3.63, 3.8) is 0 Å². The molecule has 7 nitrogen and oxygen atoms in total. The molecule has 0 bridgehead atoms. The average molecular weight is 511 g/mol. The van der Waals surface area contributed by atoms with E-state index in [1.807, 2.05) is 0 Å². The average Bonchev–Trinajstić information content (AvgIpc) is 3.32. The molecule has 0 radical (unpaired) electrons. The molecule has 1 aliphatic heterocycles. The quantitative estimate of drug-likeness (QED) is 0.407. The molecule has 0 saturated carbocycles. The molecule has 2 aliphatic rings. The van der Waals surface area contributed by atoms with Gasteiger partial charge in [0.2, 0.25) is 5.91 Å². The number of carbonyl (C=O) groups is 4. The lowest BCUT2D eigenvalue weighted by molar-refractivity contribution is -0.119. The van der Waals surface area contributed by atoms with Crippen molar-refractivity contribution < 1.29 is 23.9 Å². The Morgan fingerprint density at radius 1 is 0.944 bits per heavy atom. The number of anilines is 1. The van der Waals surface area contributed by atoms with Crippen molar-refractivity contribution in [2.75, 3.05) is 11.9 Å². The summed E-state index contributed by atoms with van der Waals surface area (Å²) in [7, 11) is 0. The van der Waals surface area contributed by atoms with Crippen LogP contribution in [0.5, 0.6) is 0 Å². The lowest BCUT2D eigenvalue weighted by Gasteiger charge is -2.21. The maximum Gasteiger partial charge on any atom is 0.341 e. The molecular formula is C28H34N2O5S. The molecule has 1 aromatic heterocycles. The third-order valence-electron chi connectivity index (χ3n) is 6.98. The van der Waals surface area contributed by atoms with Crippen LogP contribution in [0.2, 0.25) is 0 Å². The molecule has 0 unspecified atom stereocenters. The number of rotatable bonds is 5. The molecule has 1 aliphatic carbocycles. The van der Waals surface area contributed by atoms with E-state index in [0.29, 0.717) is 21.7 Å². The fourth-order valence-electron chi connectivity index (χ4n) is 5.03. The Morgan fingerprint density at radius 3 is 2.08 bits per heavy atom. The number of hydrogen-bond donors (Lipinski definition) is 1. The summed E-state index contributed by atoms with van der Waals surface area (Å²) in [5, 5.41) is 3.33. The summed E-state index contributed by atoms with van der Waals surface area (Å²) >= 11 is 1.42. The van der Waals surface area contributed by atoms with Crippen LogP contribution in [0.25, 0.3) is 0 Å². The van der Waals surface area contributed by atoms with Crippen molar-refractivity contribution in [2.24, 2.45) is 0 Å². The van der Waals surface area contributed by atoms with Crippen LogP contribution in [-0.4, -0.2) is 41.2 Å². The van der Waals surface area contributed by atoms with E-state index in [1.165, 1.54) is 43.9 Å². The number of aryl methyl sites for hydroxylation is 1. The Morgan fingerprint density at radius 2 is 1.50 bits per heavy atom. The van der Waals surface area contributed by atoms with Crippen molar-refractivity contribution >= 4 is 40.0 Å². The van der Waals surface area contributed by atoms with E-state index < -0.39 is 29.7 Å². The predicted molar refractivity (Wildman–Crippen MR) is 140 cm³/mol. The van der Waals surface area contributed by atoms with E-state index in [9.17, 15) is 19.2 Å². The van der Waals surface area contributed by atoms with E-state index in [1.54, 1.807) is 31.2 Å². The minimum absolute atomic E-state index is 0.238. The second-order valence-corrected chi connectivity index (χ2v) is 10.6. The SMILES string of the molecule is CCOC(=O)c1c(NC(=O)[C@H](C)N2C(=O)c3ccccc3C2=O)sc2c1CCCCCCCCCC2. The molecule has 0 spiro atoms. The highest BCUT2D eigenvalue weighted by Crippen LogP contribution is 2.37. The minimum atomic E-state index is -1.03. The number of carbonyl (C=O) groups excluding carboxylic acids is 4. The molecule has 0 saturated heterocycles. The van der Waals surface area contributed by atoms with Crippen LogP contribution < -0.4 is 5.32 Å². The van der Waals surface area contributed by atoms with E-state index in [4.69, 9.17) is 4.74 Å². The molecule has 4 rings (SSSR count). The molecule has 2 aromatic rings. The second-order valence-electron chi connectivity index (χ2n) is 9.45. The van der Waals surface area contributed by atoms with Crippen LogP contribution in [0, 0.1) is 0 Å². The third kappa shape index (κ3) is 5.38. The summed E-state index contributed by atoms with van der Waals surface area (Å²) in [6.45, 7) is 3.54. The van der Waals surface area contributed by atoms with Gasteiger partial charge in [0.1, 0.15) is 11.0 Å². The van der Waals surface area contributed by atoms with Gasteiger partial charge in [0.25, 0.3) is 11.8 Å². The lowest BCUT2D eigenvalue weighted by Crippen LogP contribution is -2.45. The van der Waals surface area contributed by atoms with Gasteiger partial charge in [-0.25, -0.2) is 4.79 Å². The van der Waals surface area contributed by atoms with Crippen LogP contribution in [0.15, 0.2) is 24.3 Å². The number of imide groups is 1. The van der Waals surface area contributed by atoms with Gasteiger partial charge < -0.3 is 10.1 Å². The Hall–Kier alpha value is -3.00. The molecule has 1 N–H and O–H groups in total. The fraction of sp³-hybridized carbons (Fsp3) is 0.500. The summed E-state index contributed by atoms with van der Waals surface area (Å²) in [5.41, 5.74) is 2.00. The smallest absolute Gasteiger partial charge is 0.341 e. The first-order valence-corrected chi connectivity index (χ1v) is 13.8. The Balaban J connectivity index is 1.61. The summed E-state index contributed by atoms with van der Waals surface area (Å²) in [4.78, 5) is 54.2. The summed E-state index contributed by atoms with van der Waals surface area (Å²) in [6.07, 6.45) is 10.8. The van der Waals surface area contributed by atoms with E-state index in [2.05, 4.69) is 5.32 Å². The number of thiophene rings is 1. The van der Waals surface area contributed by atoms with E-state index in [0.717, 1.165) is 53.9 Å². The molecule has 0 fully saturated rings. The molecule has 1 aromatic carbocycles. The van der Waals surface area contributed by atoms with Crippen LogP contribution >= 0.6 is 11.3 Å². The first kappa shape index (κ1) is 26.1. The van der Waals surface area contributed by atoms with Gasteiger partial charge in [-0.15, -0.1) is 11.3 Å². The second kappa shape index (κ2) is 11.8. The monoisotopic (exact) mass is 510 g/mol. The number of ether oxygens (including phenoxy) is 1. The van der Waals surface area contributed by atoms with Crippen LogP contribution in [0.1, 0.15) is 107 Å². The van der Waals surface area contributed by atoms with Gasteiger partial charge >= 0.3 is 5.97 Å². The van der Waals surface area contributed by atoms with Gasteiger partial charge in [-0.05, 0) is 57.2 Å². The highest BCUT2D eigenvalue weighted by molar-refractivity contribution is 7.17. The van der Waals surface area contributed by atoms with Crippen molar-refractivity contribution in [3.8, 4) is 0 Å². The summed E-state index contributed by atoms with van der Waals surface area (Å²) in [6, 6.07) is 5.54. The number of nitrogens with one attached hydrogen (secondary N) is 1. The standard InChI is InChI=1S/C28H34N2O5S/c1-3-35-28(34)23-21-16-10-8-6-4-5-7-9-11-17-22(21)36-25(23)29-24(31)18(2)30-26(32)19-14-12-13-15-20(19)27(30)33/h12-15,18H,3-11,16-17H2,1-2H3,(H,29,31)/t18-/m0/s1. The topological polar surface area (TPSA) is 92.8 Å². The molecule has 8 heteroatoms. The normalized spacial score (nSPS) is 17.4. The highest BCUT2D eigenvalue weighted by Gasteiger charge is 2.41. The maximum absolute atomic E-state index is 13.3. The van der Waals surface area contributed by atoms with Gasteiger partial charge in [0, 0.05) is 4.88 Å². The number of fused-ring (bicyclic) bond motifs is 2. The highest BCUT2D eigenvalue weighted by atomic mass is 32.1. The Kier molecular flexibility index (Phi) is 8.56. The summed E-state index contributed by atoms with van der Waals surface area (Å²) in [5.74, 6) is -1.91. The first-order valence-electron chi connectivity index (χ1n) is 13.0. The molecule has 192 valence electrons.